The van der Waals surface area contributed by atoms with Gasteiger partial charge in [-0.1, -0.05) is 6.07 Å². The summed E-state index contributed by atoms with van der Waals surface area (Å²) in [6.45, 7) is 1.86. The molecule has 0 fully saturated rings. The predicted octanol–water partition coefficient (Wildman–Crippen LogP) is 0.699. The van der Waals surface area contributed by atoms with Crippen LogP contribution in [0, 0.1) is 6.92 Å². The van der Waals surface area contributed by atoms with Gasteiger partial charge in [0.2, 0.25) is 5.95 Å². The van der Waals surface area contributed by atoms with Crippen LogP contribution in [0.5, 0.6) is 5.75 Å². The Bertz CT molecular complexity index is 624. The highest BCUT2D eigenvalue weighted by atomic mass is 16.5. The van der Waals surface area contributed by atoms with Gasteiger partial charge in [0.25, 0.3) is 0 Å². The molecule has 3 N–H and O–H groups in total. The number of nitrogens with zero attached hydrogens (tertiary/aromatic N) is 2. The summed E-state index contributed by atoms with van der Waals surface area (Å²) < 4.78 is 5.11. The molecule has 0 aliphatic rings. The lowest BCUT2D eigenvalue weighted by atomic mass is 10.2. The Balaban J connectivity index is 2.07. The molecule has 2 rings (SSSR count). The summed E-state index contributed by atoms with van der Waals surface area (Å²) >= 11 is 0. The lowest BCUT2D eigenvalue weighted by molar-refractivity contribution is -0.133. The molecule has 0 saturated heterocycles. The number of benzene rings is 1. The topological polar surface area (TPSA) is 109 Å². The zero-order valence-electron chi connectivity index (χ0n) is 10.9. The number of ether oxygens (including phenoxy) is 1. The standard InChI is InChI=1S/C12H13N5O3/c1-7-3-4-9(20-2)8(5-7)15-10(18)11(19)16-12-13-6-14-17-12/h3-6H,1-2H3,(H,15,18)(H2,13,14,16,17,19). The summed E-state index contributed by atoms with van der Waals surface area (Å²) in [6.07, 6.45) is 1.22. The molecule has 8 heteroatoms. The Kier molecular flexibility index (Phi) is 3.94. The lowest BCUT2D eigenvalue weighted by Crippen LogP contribution is -2.29. The van der Waals surface area contributed by atoms with E-state index in [-0.39, 0.29) is 5.95 Å². The van der Waals surface area contributed by atoms with Gasteiger partial charge in [0.05, 0.1) is 12.8 Å². The smallest absolute Gasteiger partial charge is 0.316 e. The molecule has 0 saturated carbocycles. The number of carbonyl (C=O) groups excluding carboxylic acids is 2. The molecule has 2 amide bonds. The molecule has 1 heterocycles. The van der Waals surface area contributed by atoms with Crippen molar-refractivity contribution in [3.05, 3.63) is 30.1 Å². The molecule has 0 spiro atoms. The minimum atomic E-state index is -0.856. The Morgan fingerprint density at radius 3 is 2.65 bits per heavy atom. The number of rotatable bonds is 3. The maximum absolute atomic E-state index is 11.8. The first-order valence-corrected chi connectivity index (χ1v) is 5.72. The number of aromatic nitrogens is 3. The third kappa shape index (κ3) is 3.10. The van der Waals surface area contributed by atoms with Gasteiger partial charge in [0.15, 0.2) is 0 Å². The van der Waals surface area contributed by atoms with Gasteiger partial charge < -0.3 is 10.1 Å². The SMILES string of the molecule is COc1ccc(C)cc1NC(=O)C(=O)Nc1ncn[nH]1. The predicted molar refractivity (Wildman–Crippen MR) is 71.4 cm³/mol. The van der Waals surface area contributed by atoms with E-state index in [2.05, 4.69) is 25.8 Å². The van der Waals surface area contributed by atoms with E-state index in [1.165, 1.54) is 13.4 Å². The molecule has 2 aromatic rings. The van der Waals surface area contributed by atoms with Crippen molar-refractivity contribution < 1.29 is 14.3 Å². The Morgan fingerprint density at radius 2 is 2.00 bits per heavy atom. The van der Waals surface area contributed by atoms with E-state index in [1.807, 2.05) is 13.0 Å². The Labute approximate surface area is 114 Å². The molecular weight excluding hydrogens is 262 g/mol. The molecule has 104 valence electrons. The highest BCUT2D eigenvalue weighted by Crippen LogP contribution is 2.25. The van der Waals surface area contributed by atoms with Gasteiger partial charge in [0, 0.05) is 0 Å². The van der Waals surface area contributed by atoms with Crippen LogP contribution >= 0.6 is 0 Å². The second-order valence-corrected chi connectivity index (χ2v) is 3.95. The fraction of sp³-hybridized carbons (Fsp3) is 0.167. The van der Waals surface area contributed by atoms with E-state index in [0.717, 1.165) is 5.56 Å². The van der Waals surface area contributed by atoms with Gasteiger partial charge in [0.1, 0.15) is 12.1 Å². The largest absolute Gasteiger partial charge is 0.495 e. The normalized spacial score (nSPS) is 9.90. The van der Waals surface area contributed by atoms with E-state index < -0.39 is 11.8 Å². The quantitative estimate of drug-likeness (QED) is 0.714. The molecule has 0 aliphatic heterocycles. The van der Waals surface area contributed by atoms with Crippen LogP contribution in [0.1, 0.15) is 5.56 Å². The van der Waals surface area contributed by atoms with E-state index in [4.69, 9.17) is 4.74 Å². The van der Waals surface area contributed by atoms with Crippen LogP contribution in [-0.4, -0.2) is 34.1 Å². The molecule has 0 aliphatic carbocycles. The number of hydrogen-bond acceptors (Lipinski definition) is 5. The third-order valence-electron chi connectivity index (χ3n) is 2.46. The summed E-state index contributed by atoms with van der Waals surface area (Å²) in [6, 6.07) is 5.25. The van der Waals surface area contributed by atoms with Crippen molar-refractivity contribution in [3.8, 4) is 5.75 Å². The maximum atomic E-state index is 11.8. The summed E-state index contributed by atoms with van der Waals surface area (Å²) in [5.74, 6) is -1.12. The van der Waals surface area contributed by atoms with Crippen LogP contribution in [0.25, 0.3) is 0 Å². The first-order valence-electron chi connectivity index (χ1n) is 5.72. The first-order chi connectivity index (χ1) is 9.60. The zero-order chi connectivity index (χ0) is 14.5. The first kappa shape index (κ1) is 13.5. The van der Waals surface area contributed by atoms with Crippen molar-refractivity contribution in [2.45, 2.75) is 6.92 Å². The minimum absolute atomic E-state index is 0.0985. The highest BCUT2D eigenvalue weighted by Gasteiger charge is 2.17. The van der Waals surface area contributed by atoms with Crippen LogP contribution < -0.4 is 15.4 Å². The summed E-state index contributed by atoms with van der Waals surface area (Å²) in [5, 5.41) is 10.7. The van der Waals surface area contributed by atoms with Crippen molar-refractivity contribution in [1.29, 1.82) is 0 Å². The highest BCUT2D eigenvalue weighted by molar-refractivity contribution is 6.43. The molecule has 0 bridgehead atoms. The number of aryl methyl sites for hydroxylation is 1. The molecule has 0 unspecified atom stereocenters. The molecular formula is C12H13N5O3. The number of carbonyl (C=O) groups is 2. The van der Waals surface area contributed by atoms with Gasteiger partial charge in [-0.2, -0.15) is 10.1 Å². The zero-order valence-corrected chi connectivity index (χ0v) is 10.9. The monoisotopic (exact) mass is 275 g/mol. The minimum Gasteiger partial charge on any atom is -0.495 e. The number of hydrogen-bond donors (Lipinski definition) is 3. The second kappa shape index (κ2) is 5.83. The van der Waals surface area contributed by atoms with Crippen molar-refractivity contribution in [1.82, 2.24) is 15.2 Å². The Morgan fingerprint density at radius 1 is 1.25 bits per heavy atom. The molecule has 1 aromatic carbocycles. The van der Waals surface area contributed by atoms with Gasteiger partial charge in [-0.05, 0) is 24.6 Å². The van der Waals surface area contributed by atoms with E-state index >= 15 is 0 Å². The lowest BCUT2D eigenvalue weighted by Gasteiger charge is -2.10. The molecule has 0 atom stereocenters. The summed E-state index contributed by atoms with van der Waals surface area (Å²) in [5.41, 5.74) is 1.35. The van der Waals surface area contributed by atoms with Crippen LogP contribution in [0.3, 0.4) is 0 Å². The number of aromatic amines is 1. The van der Waals surface area contributed by atoms with Crippen LogP contribution in [0.15, 0.2) is 24.5 Å². The van der Waals surface area contributed by atoms with E-state index in [1.54, 1.807) is 12.1 Å². The average Bonchev–Trinajstić information content (AvgIpc) is 2.91. The van der Waals surface area contributed by atoms with Crippen molar-refractivity contribution in [2.75, 3.05) is 17.7 Å². The van der Waals surface area contributed by atoms with Crippen molar-refractivity contribution in [3.63, 3.8) is 0 Å². The molecule has 1 aromatic heterocycles. The summed E-state index contributed by atoms with van der Waals surface area (Å²) in [4.78, 5) is 27.1. The summed E-state index contributed by atoms with van der Waals surface area (Å²) in [7, 11) is 1.48. The molecule has 0 radical (unpaired) electrons. The van der Waals surface area contributed by atoms with E-state index in [0.29, 0.717) is 11.4 Å². The number of methoxy groups -OCH3 is 1. The van der Waals surface area contributed by atoms with E-state index in [9.17, 15) is 9.59 Å². The fourth-order valence-electron chi connectivity index (χ4n) is 1.53. The number of nitrogens with one attached hydrogen (secondary N) is 3. The van der Waals surface area contributed by atoms with Crippen molar-refractivity contribution in [2.24, 2.45) is 0 Å². The van der Waals surface area contributed by atoms with Crippen LogP contribution in [0.4, 0.5) is 11.6 Å². The maximum Gasteiger partial charge on any atom is 0.316 e. The fourth-order valence-corrected chi connectivity index (χ4v) is 1.53. The molecule has 8 nitrogen and oxygen atoms in total. The Hall–Kier alpha value is -2.90. The third-order valence-corrected chi connectivity index (χ3v) is 2.46. The van der Waals surface area contributed by atoms with Gasteiger partial charge in [-0.3, -0.25) is 14.9 Å². The van der Waals surface area contributed by atoms with Gasteiger partial charge in [-0.15, -0.1) is 0 Å². The van der Waals surface area contributed by atoms with Crippen LogP contribution in [0.2, 0.25) is 0 Å². The number of anilines is 2. The van der Waals surface area contributed by atoms with Gasteiger partial charge >= 0.3 is 11.8 Å². The van der Waals surface area contributed by atoms with Crippen molar-refractivity contribution >= 4 is 23.5 Å². The van der Waals surface area contributed by atoms with Gasteiger partial charge in [-0.25, -0.2) is 5.10 Å². The second-order valence-electron chi connectivity index (χ2n) is 3.95. The average molecular weight is 275 g/mol. The van der Waals surface area contributed by atoms with Crippen LogP contribution in [-0.2, 0) is 9.59 Å². The number of amides is 2. The molecule has 20 heavy (non-hydrogen) atoms. The number of H-pyrrole nitrogens is 1.